The van der Waals surface area contributed by atoms with Crippen LogP contribution in [0.25, 0.3) is 5.69 Å². The first-order valence-electron chi connectivity index (χ1n) is 7.81. The molecule has 1 aromatic carbocycles. The molecular formula is C16H18F2N4O5. The summed E-state index contributed by atoms with van der Waals surface area (Å²) < 4.78 is 34.9. The van der Waals surface area contributed by atoms with Crippen LogP contribution in [0.15, 0.2) is 24.3 Å². The fraction of sp³-hybridized carbons (Fsp3) is 0.375. The zero-order valence-electron chi connectivity index (χ0n) is 14.6. The Morgan fingerprint density at radius 1 is 1.30 bits per heavy atom. The molecule has 0 saturated heterocycles. The largest absolute Gasteiger partial charge is 0.480 e. The van der Waals surface area contributed by atoms with Gasteiger partial charge in [0.2, 0.25) is 0 Å². The van der Waals surface area contributed by atoms with Crippen molar-refractivity contribution in [1.29, 1.82) is 0 Å². The van der Waals surface area contributed by atoms with Gasteiger partial charge in [-0.2, -0.15) is 8.78 Å². The third kappa shape index (κ3) is 5.20. The van der Waals surface area contributed by atoms with Crippen LogP contribution in [-0.4, -0.2) is 70.3 Å². The van der Waals surface area contributed by atoms with Crippen molar-refractivity contribution >= 4 is 11.9 Å². The molecule has 0 saturated carbocycles. The standard InChI is InChI=1S/C16H18F2N4O5/c1-10-14(15(25)21(7-8-26-2)9-13(23)24)19-20-22(10)11-3-5-12(6-4-11)27-16(17)18/h3-6,16H,7-9H2,1-2H3,(H,23,24). The zero-order valence-corrected chi connectivity index (χ0v) is 14.6. The highest BCUT2D eigenvalue weighted by Crippen LogP contribution is 2.19. The lowest BCUT2D eigenvalue weighted by atomic mass is 10.2. The summed E-state index contributed by atoms with van der Waals surface area (Å²) in [6.07, 6.45) is 0. The predicted molar refractivity (Wildman–Crippen MR) is 88.1 cm³/mol. The molecule has 1 aromatic heterocycles. The van der Waals surface area contributed by atoms with Gasteiger partial charge in [0, 0.05) is 13.7 Å². The number of methoxy groups -OCH3 is 1. The van der Waals surface area contributed by atoms with Crippen LogP contribution < -0.4 is 4.74 Å². The summed E-state index contributed by atoms with van der Waals surface area (Å²) >= 11 is 0. The number of amides is 1. The number of carboxylic acids is 1. The number of nitrogens with zero attached hydrogens (tertiary/aromatic N) is 4. The third-order valence-electron chi connectivity index (χ3n) is 3.58. The van der Waals surface area contributed by atoms with E-state index in [2.05, 4.69) is 15.0 Å². The lowest BCUT2D eigenvalue weighted by molar-refractivity contribution is -0.137. The first-order valence-corrected chi connectivity index (χ1v) is 7.81. The molecule has 0 aliphatic carbocycles. The topological polar surface area (TPSA) is 107 Å². The van der Waals surface area contributed by atoms with Crippen molar-refractivity contribution in [2.24, 2.45) is 0 Å². The van der Waals surface area contributed by atoms with Crippen molar-refractivity contribution in [2.75, 3.05) is 26.8 Å². The van der Waals surface area contributed by atoms with E-state index in [0.29, 0.717) is 11.4 Å². The predicted octanol–water partition coefficient (Wildman–Crippen LogP) is 1.35. The quantitative estimate of drug-likeness (QED) is 0.695. The summed E-state index contributed by atoms with van der Waals surface area (Å²) in [6.45, 7) is -1.61. The van der Waals surface area contributed by atoms with E-state index in [1.807, 2.05) is 0 Å². The first kappa shape index (κ1) is 20.2. The number of carboxylic acid groups (broad SMARTS) is 1. The second-order valence-electron chi connectivity index (χ2n) is 5.42. The molecule has 9 nitrogen and oxygen atoms in total. The van der Waals surface area contributed by atoms with Crippen molar-refractivity contribution in [3.63, 3.8) is 0 Å². The number of rotatable bonds is 9. The van der Waals surface area contributed by atoms with Gasteiger partial charge in [-0.05, 0) is 31.2 Å². The normalized spacial score (nSPS) is 10.9. The molecule has 1 N–H and O–H groups in total. The Balaban J connectivity index is 2.24. The van der Waals surface area contributed by atoms with Crippen LogP contribution in [0.3, 0.4) is 0 Å². The average molecular weight is 384 g/mol. The van der Waals surface area contributed by atoms with E-state index in [9.17, 15) is 18.4 Å². The van der Waals surface area contributed by atoms with Gasteiger partial charge in [0.05, 0.1) is 18.0 Å². The van der Waals surface area contributed by atoms with Gasteiger partial charge in [-0.15, -0.1) is 5.10 Å². The Hall–Kier alpha value is -3.08. The number of ether oxygens (including phenoxy) is 2. The van der Waals surface area contributed by atoms with Crippen LogP contribution in [0.1, 0.15) is 16.2 Å². The minimum absolute atomic E-state index is 0.0136. The molecule has 1 heterocycles. The fourth-order valence-corrected chi connectivity index (χ4v) is 2.31. The van der Waals surface area contributed by atoms with Crippen LogP contribution in [0.4, 0.5) is 8.78 Å². The van der Waals surface area contributed by atoms with Gasteiger partial charge >= 0.3 is 12.6 Å². The monoisotopic (exact) mass is 384 g/mol. The zero-order chi connectivity index (χ0) is 20.0. The smallest absolute Gasteiger partial charge is 0.387 e. The molecule has 0 aliphatic rings. The summed E-state index contributed by atoms with van der Waals surface area (Å²) in [6, 6.07) is 5.63. The number of aliphatic carboxylic acids is 1. The van der Waals surface area contributed by atoms with Crippen molar-refractivity contribution in [3.8, 4) is 11.4 Å². The maximum atomic E-state index is 12.6. The molecule has 27 heavy (non-hydrogen) atoms. The molecular weight excluding hydrogens is 366 g/mol. The number of halogens is 2. The van der Waals surface area contributed by atoms with E-state index in [-0.39, 0.29) is 24.6 Å². The molecule has 0 aliphatic heterocycles. The number of carbonyl (C=O) groups excluding carboxylic acids is 1. The number of hydrogen-bond acceptors (Lipinski definition) is 6. The first-order chi connectivity index (χ1) is 12.8. The van der Waals surface area contributed by atoms with E-state index >= 15 is 0 Å². The van der Waals surface area contributed by atoms with Gasteiger partial charge in [-0.1, -0.05) is 5.21 Å². The van der Waals surface area contributed by atoms with Crippen molar-refractivity contribution in [1.82, 2.24) is 19.9 Å². The highest BCUT2D eigenvalue weighted by atomic mass is 19.3. The molecule has 146 valence electrons. The van der Waals surface area contributed by atoms with Crippen molar-refractivity contribution in [3.05, 3.63) is 35.7 Å². The van der Waals surface area contributed by atoms with Gasteiger partial charge in [-0.25, -0.2) is 4.68 Å². The van der Waals surface area contributed by atoms with Crippen LogP contribution in [-0.2, 0) is 9.53 Å². The minimum atomic E-state index is -2.93. The van der Waals surface area contributed by atoms with Crippen LogP contribution in [0.2, 0.25) is 0 Å². The van der Waals surface area contributed by atoms with Crippen LogP contribution in [0, 0.1) is 6.92 Å². The van der Waals surface area contributed by atoms with E-state index in [1.165, 1.54) is 36.1 Å². The van der Waals surface area contributed by atoms with Gasteiger partial charge < -0.3 is 19.5 Å². The van der Waals surface area contributed by atoms with Gasteiger partial charge in [0.15, 0.2) is 5.69 Å². The molecule has 0 unspecified atom stereocenters. The number of benzene rings is 1. The summed E-state index contributed by atoms with van der Waals surface area (Å²) in [5, 5.41) is 16.7. The number of alkyl halides is 2. The highest BCUT2D eigenvalue weighted by molar-refractivity contribution is 5.95. The van der Waals surface area contributed by atoms with Crippen molar-refractivity contribution < 1.29 is 33.0 Å². The maximum absolute atomic E-state index is 12.6. The third-order valence-corrected chi connectivity index (χ3v) is 3.58. The van der Waals surface area contributed by atoms with E-state index in [0.717, 1.165) is 4.90 Å². The second kappa shape index (κ2) is 9.03. The summed E-state index contributed by atoms with van der Waals surface area (Å²) in [4.78, 5) is 24.7. The molecule has 2 aromatic rings. The highest BCUT2D eigenvalue weighted by Gasteiger charge is 2.24. The Morgan fingerprint density at radius 2 is 1.96 bits per heavy atom. The average Bonchev–Trinajstić information content (AvgIpc) is 2.99. The maximum Gasteiger partial charge on any atom is 0.387 e. The van der Waals surface area contributed by atoms with Gasteiger partial charge in [-0.3, -0.25) is 9.59 Å². The van der Waals surface area contributed by atoms with E-state index in [1.54, 1.807) is 6.92 Å². The number of carbonyl (C=O) groups is 2. The van der Waals surface area contributed by atoms with Crippen LogP contribution in [0.5, 0.6) is 5.75 Å². The molecule has 0 bridgehead atoms. The van der Waals surface area contributed by atoms with E-state index in [4.69, 9.17) is 9.84 Å². The molecule has 0 radical (unpaired) electrons. The fourth-order valence-electron chi connectivity index (χ4n) is 2.31. The Bertz CT molecular complexity index is 795. The Kier molecular flexibility index (Phi) is 6.77. The van der Waals surface area contributed by atoms with Crippen LogP contribution >= 0.6 is 0 Å². The van der Waals surface area contributed by atoms with Gasteiger partial charge in [0.25, 0.3) is 5.91 Å². The second-order valence-corrected chi connectivity index (χ2v) is 5.42. The van der Waals surface area contributed by atoms with Crippen molar-refractivity contribution in [2.45, 2.75) is 13.5 Å². The van der Waals surface area contributed by atoms with Gasteiger partial charge in [0.1, 0.15) is 12.3 Å². The molecule has 0 atom stereocenters. The lowest BCUT2D eigenvalue weighted by Gasteiger charge is -2.19. The number of aromatic nitrogens is 3. The number of hydrogen-bond donors (Lipinski definition) is 1. The Morgan fingerprint density at radius 3 is 2.52 bits per heavy atom. The lowest BCUT2D eigenvalue weighted by Crippen LogP contribution is -2.38. The summed E-state index contributed by atoms with van der Waals surface area (Å²) in [7, 11) is 1.44. The molecule has 2 rings (SSSR count). The molecule has 0 fully saturated rings. The summed E-state index contributed by atoms with van der Waals surface area (Å²) in [5.74, 6) is -1.79. The minimum Gasteiger partial charge on any atom is -0.480 e. The SMILES string of the molecule is COCCN(CC(=O)O)C(=O)c1nnn(-c2ccc(OC(F)F)cc2)c1C. The van der Waals surface area contributed by atoms with E-state index < -0.39 is 25.0 Å². The summed E-state index contributed by atoms with van der Waals surface area (Å²) in [5.41, 5.74) is 0.831. The molecule has 1 amide bonds. The Labute approximate surface area is 153 Å². The molecule has 11 heteroatoms. The molecule has 0 spiro atoms.